The number of amides is 1. The van der Waals surface area contributed by atoms with Crippen molar-refractivity contribution in [3.05, 3.63) is 40.8 Å². The molecule has 0 radical (unpaired) electrons. The van der Waals surface area contributed by atoms with Gasteiger partial charge in [0.2, 0.25) is 0 Å². The fraction of sp³-hybridized carbons (Fsp3) is 0.545. The lowest BCUT2D eigenvalue weighted by Crippen LogP contribution is -2.40. The van der Waals surface area contributed by atoms with Crippen LogP contribution in [-0.2, 0) is 12.7 Å². The van der Waals surface area contributed by atoms with Gasteiger partial charge in [-0.25, -0.2) is 4.39 Å². The van der Waals surface area contributed by atoms with Crippen LogP contribution in [0.4, 0.5) is 17.6 Å². The van der Waals surface area contributed by atoms with E-state index in [0.29, 0.717) is 36.9 Å². The average Bonchev–Trinajstić information content (AvgIpc) is 3.10. The molecule has 6 nitrogen and oxygen atoms in total. The van der Waals surface area contributed by atoms with E-state index in [1.165, 1.54) is 0 Å². The molecule has 1 aromatic heterocycles. The highest BCUT2D eigenvalue weighted by Crippen LogP contribution is 2.35. The van der Waals surface area contributed by atoms with Gasteiger partial charge in [0.25, 0.3) is 5.91 Å². The fourth-order valence-corrected chi connectivity index (χ4v) is 3.80. The second-order valence-electron chi connectivity index (χ2n) is 8.55. The second kappa shape index (κ2) is 9.99. The molecule has 1 aliphatic rings. The minimum atomic E-state index is -4.82. The largest absolute Gasteiger partial charge is 0.419 e. The van der Waals surface area contributed by atoms with Crippen molar-refractivity contribution in [1.82, 2.24) is 15.8 Å². The number of carbonyl (C=O) groups is 1. The predicted octanol–water partition coefficient (Wildman–Crippen LogP) is 4.28. The van der Waals surface area contributed by atoms with Gasteiger partial charge in [-0.15, -0.1) is 0 Å². The summed E-state index contributed by atoms with van der Waals surface area (Å²) in [4.78, 5) is 12.9. The van der Waals surface area contributed by atoms with Crippen LogP contribution in [-0.4, -0.2) is 34.9 Å². The van der Waals surface area contributed by atoms with Gasteiger partial charge in [-0.2, -0.15) is 13.2 Å². The Morgan fingerprint density at radius 1 is 1.31 bits per heavy atom. The zero-order valence-corrected chi connectivity index (χ0v) is 17.9. The summed E-state index contributed by atoms with van der Waals surface area (Å²) in [6.45, 7) is 4.76. The number of hydrogen-bond acceptors (Lipinski definition) is 5. The Morgan fingerprint density at radius 2 is 2.06 bits per heavy atom. The van der Waals surface area contributed by atoms with E-state index in [1.54, 1.807) is 0 Å². The van der Waals surface area contributed by atoms with Gasteiger partial charge < -0.3 is 20.3 Å². The Labute approximate surface area is 183 Å². The highest BCUT2D eigenvalue weighted by molar-refractivity contribution is 5.95. The average molecular weight is 457 g/mol. The molecule has 1 heterocycles. The van der Waals surface area contributed by atoms with E-state index in [4.69, 9.17) is 4.52 Å². The molecule has 1 saturated carbocycles. The molecule has 3 rings (SSSR count). The van der Waals surface area contributed by atoms with E-state index >= 15 is 0 Å². The molecule has 2 unspecified atom stereocenters. The van der Waals surface area contributed by atoms with Gasteiger partial charge in [-0.1, -0.05) is 25.1 Å². The van der Waals surface area contributed by atoms with Gasteiger partial charge in [-0.05, 0) is 50.3 Å². The van der Waals surface area contributed by atoms with Gasteiger partial charge in [0.15, 0.2) is 11.5 Å². The van der Waals surface area contributed by atoms with E-state index < -0.39 is 29.6 Å². The van der Waals surface area contributed by atoms with Crippen molar-refractivity contribution in [2.45, 2.75) is 64.4 Å². The molecule has 10 heteroatoms. The van der Waals surface area contributed by atoms with E-state index in [9.17, 15) is 27.5 Å². The minimum absolute atomic E-state index is 0.0170. The van der Waals surface area contributed by atoms with Crippen LogP contribution in [0.2, 0.25) is 0 Å². The maximum atomic E-state index is 14.1. The molecular formula is C22H27F4N3O3. The first-order valence-corrected chi connectivity index (χ1v) is 10.6. The van der Waals surface area contributed by atoms with Crippen molar-refractivity contribution in [3.63, 3.8) is 0 Å². The minimum Gasteiger partial charge on any atom is -0.393 e. The van der Waals surface area contributed by atoms with E-state index in [2.05, 4.69) is 15.8 Å². The van der Waals surface area contributed by atoms with Crippen LogP contribution in [0.5, 0.6) is 0 Å². The van der Waals surface area contributed by atoms with Crippen LogP contribution in [0, 0.1) is 11.7 Å². The molecule has 176 valence electrons. The molecule has 0 bridgehead atoms. The second-order valence-corrected chi connectivity index (χ2v) is 8.55. The number of aliphatic hydroxyl groups excluding tert-OH is 1. The topological polar surface area (TPSA) is 87.4 Å². The summed E-state index contributed by atoms with van der Waals surface area (Å²) in [6, 6.07) is 2.25. The van der Waals surface area contributed by atoms with E-state index in [0.717, 1.165) is 25.0 Å². The van der Waals surface area contributed by atoms with Gasteiger partial charge >= 0.3 is 6.18 Å². The number of carbonyl (C=O) groups excluding carboxylic acids is 1. The molecule has 3 N–H and O–H groups in total. The fourth-order valence-electron chi connectivity index (χ4n) is 3.80. The normalized spacial score (nSPS) is 19.4. The van der Waals surface area contributed by atoms with Crippen LogP contribution in [0.1, 0.15) is 61.1 Å². The van der Waals surface area contributed by atoms with Crippen molar-refractivity contribution in [3.8, 4) is 11.3 Å². The summed E-state index contributed by atoms with van der Waals surface area (Å²) < 4.78 is 58.2. The van der Waals surface area contributed by atoms with Gasteiger partial charge in [-0.3, -0.25) is 4.79 Å². The van der Waals surface area contributed by atoms with Crippen LogP contribution in [0.25, 0.3) is 11.3 Å². The summed E-state index contributed by atoms with van der Waals surface area (Å²) >= 11 is 0. The lowest BCUT2D eigenvalue weighted by molar-refractivity contribution is -0.139. The number of hydrogen-bond donors (Lipinski definition) is 3. The third kappa shape index (κ3) is 5.86. The Balaban J connectivity index is 1.90. The number of alkyl halides is 3. The summed E-state index contributed by atoms with van der Waals surface area (Å²) in [7, 11) is 0. The summed E-state index contributed by atoms with van der Waals surface area (Å²) in [6.07, 6.45) is -2.68. The third-order valence-electron chi connectivity index (χ3n) is 5.38. The molecular weight excluding hydrogens is 430 g/mol. The monoisotopic (exact) mass is 457 g/mol. The first kappa shape index (κ1) is 24.2. The Hall–Kier alpha value is -2.46. The van der Waals surface area contributed by atoms with Crippen molar-refractivity contribution in [1.29, 1.82) is 0 Å². The third-order valence-corrected chi connectivity index (χ3v) is 5.38. The van der Waals surface area contributed by atoms with Crippen LogP contribution < -0.4 is 10.6 Å². The van der Waals surface area contributed by atoms with Crippen LogP contribution in [0.3, 0.4) is 0 Å². The molecule has 1 aromatic carbocycles. The van der Waals surface area contributed by atoms with Gasteiger partial charge in [0, 0.05) is 23.7 Å². The smallest absolute Gasteiger partial charge is 0.393 e. The molecule has 1 fully saturated rings. The molecule has 0 aliphatic heterocycles. The first-order chi connectivity index (χ1) is 15.1. The van der Waals surface area contributed by atoms with Crippen LogP contribution >= 0.6 is 0 Å². The number of aliphatic hydroxyl groups is 1. The Morgan fingerprint density at radius 3 is 2.69 bits per heavy atom. The molecule has 2 aromatic rings. The standard InChI is InChI=1S/C22H27F4N3O3/c1-12(2)10-27-11-16-19(21(31)28-14-4-3-5-15(30)9-14)29-32-20(16)13-6-7-17(18(23)8-13)22(24,25)26/h6-8,12,14-15,27,30H,3-5,9-11H2,1-2H3,(H,28,31). The molecule has 32 heavy (non-hydrogen) atoms. The SMILES string of the molecule is CC(C)CNCc1c(C(=O)NC2CCCC(O)C2)noc1-c1ccc(C(F)(F)F)c(F)c1. The zero-order valence-electron chi connectivity index (χ0n) is 17.9. The van der Waals surface area contributed by atoms with Crippen LogP contribution in [0.15, 0.2) is 22.7 Å². The maximum absolute atomic E-state index is 14.1. The van der Waals surface area contributed by atoms with Crippen molar-refractivity contribution < 1.29 is 32.0 Å². The summed E-state index contributed by atoms with van der Waals surface area (Å²) in [5.74, 6) is -1.60. The molecule has 0 saturated heterocycles. The molecule has 0 spiro atoms. The molecule has 2 atom stereocenters. The quantitative estimate of drug-likeness (QED) is 0.541. The zero-order chi connectivity index (χ0) is 23.5. The van der Waals surface area contributed by atoms with Crippen molar-refractivity contribution in [2.24, 2.45) is 5.92 Å². The Bertz CT molecular complexity index is 943. The number of aromatic nitrogens is 1. The Kier molecular flexibility index (Phi) is 7.55. The number of halogens is 4. The summed E-state index contributed by atoms with van der Waals surface area (Å²) in [5.41, 5.74) is -1.01. The van der Waals surface area contributed by atoms with Gasteiger partial charge in [0.05, 0.1) is 11.7 Å². The number of benzene rings is 1. The molecule has 1 aliphatic carbocycles. The number of nitrogens with zero attached hydrogens (tertiary/aromatic N) is 1. The maximum Gasteiger partial charge on any atom is 0.419 e. The highest BCUT2D eigenvalue weighted by Gasteiger charge is 2.34. The number of nitrogens with one attached hydrogen (secondary N) is 2. The predicted molar refractivity (Wildman–Crippen MR) is 109 cm³/mol. The molecule has 1 amide bonds. The van der Waals surface area contributed by atoms with E-state index in [-0.39, 0.29) is 29.6 Å². The lowest BCUT2D eigenvalue weighted by Gasteiger charge is -2.26. The summed E-state index contributed by atoms with van der Waals surface area (Å²) in [5, 5.41) is 19.7. The first-order valence-electron chi connectivity index (χ1n) is 10.6. The van der Waals surface area contributed by atoms with Crippen molar-refractivity contribution >= 4 is 5.91 Å². The van der Waals surface area contributed by atoms with Gasteiger partial charge in [0.1, 0.15) is 5.82 Å². The lowest BCUT2D eigenvalue weighted by atomic mass is 9.93. The highest BCUT2D eigenvalue weighted by atomic mass is 19.4. The van der Waals surface area contributed by atoms with E-state index in [1.807, 2.05) is 13.8 Å². The van der Waals surface area contributed by atoms with Crippen molar-refractivity contribution in [2.75, 3.05) is 6.54 Å². The number of rotatable bonds is 7.